The number of benzene rings is 2. The summed E-state index contributed by atoms with van der Waals surface area (Å²) in [7, 11) is 0. The highest BCUT2D eigenvalue weighted by atomic mass is 19.4. The molecule has 1 heterocycles. The number of carboxylic acids is 1. The summed E-state index contributed by atoms with van der Waals surface area (Å²) in [5.41, 5.74) is -1.26. The second-order valence-corrected chi connectivity index (χ2v) is 7.84. The first-order chi connectivity index (χ1) is 15.5. The number of aromatic nitrogens is 2. The van der Waals surface area contributed by atoms with E-state index in [2.05, 4.69) is 15.3 Å². The number of alkyl halides is 3. The van der Waals surface area contributed by atoms with Crippen molar-refractivity contribution in [3.63, 3.8) is 0 Å². The third-order valence-corrected chi connectivity index (χ3v) is 5.56. The molecule has 1 saturated carbocycles. The van der Waals surface area contributed by atoms with Crippen LogP contribution in [0.3, 0.4) is 0 Å². The van der Waals surface area contributed by atoms with E-state index in [-0.39, 0.29) is 29.7 Å². The van der Waals surface area contributed by atoms with E-state index < -0.39 is 34.8 Å². The number of halogens is 4. The summed E-state index contributed by atoms with van der Waals surface area (Å²) >= 11 is 0. The Bertz CT molecular complexity index is 1250. The monoisotopic (exact) mass is 459 g/mol. The highest BCUT2D eigenvalue weighted by Crippen LogP contribution is 2.50. The van der Waals surface area contributed by atoms with Crippen LogP contribution in [0.25, 0.3) is 11.3 Å². The molecule has 170 valence electrons. The van der Waals surface area contributed by atoms with E-state index in [9.17, 15) is 32.3 Å². The Balaban J connectivity index is 1.62. The van der Waals surface area contributed by atoms with Gasteiger partial charge in [0.05, 0.1) is 34.1 Å². The van der Waals surface area contributed by atoms with Crippen LogP contribution >= 0.6 is 0 Å². The number of aromatic carboxylic acids is 1. The van der Waals surface area contributed by atoms with Crippen LogP contribution in [0.4, 0.5) is 23.2 Å². The number of carbonyl (C=O) groups is 2. The number of nitrogens with one attached hydrogen (secondary N) is 1. The van der Waals surface area contributed by atoms with Crippen molar-refractivity contribution in [1.82, 2.24) is 9.97 Å². The number of aryl methyl sites for hydroxylation is 1. The van der Waals surface area contributed by atoms with Crippen molar-refractivity contribution >= 4 is 17.6 Å². The van der Waals surface area contributed by atoms with Crippen molar-refractivity contribution in [3.8, 4) is 11.3 Å². The zero-order chi connectivity index (χ0) is 24.0. The minimum atomic E-state index is -4.70. The van der Waals surface area contributed by atoms with Crippen LogP contribution < -0.4 is 5.32 Å². The standard InChI is InChI=1S/C23H17F4N3O3/c1-12-10-29-19(11-28-12)15-4-3-14(9-16(15)20(31)32)30-21(33)22(6-7-22)17-5-2-13(8-18(17)24)23(25,26)27/h2-5,8-11H,6-7H2,1H3,(H,30,33)(H,31,32). The fraction of sp³-hybridized carbons (Fsp3) is 0.217. The van der Waals surface area contributed by atoms with Gasteiger partial charge in [0.15, 0.2) is 0 Å². The van der Waals surface area contributed by atoms with Gasteiger partial charge in [-0.2, -0.15) is 13.2 Å². The molecule has 6 nitrogen and oxygen atoms in total. The lowest BCUT2D eigenvalue weighted by Crippen LogP contribution is -2.29. The lowest BCUT2D eigenvalue weighted by atomic mass is 9.93. The molecule has 0 bridgehead atoms. The zero-order valence-electron chi connectivity index (χ0n) is 17.2. The highest BCUT2D eigenvalue weighted by molar-refractivity contribution is 6.03. The predicted molar refractivity (Wildman–Crippen MR) is 110 cm³/mol. The molecule has 0 spiro atoms. The molecule has 0 radical (unpaired) electrons. The maximum absolute atomic E-state index is 14.5. The lowest BCUT2D eigenvalue weighted by Gasteiger charge is -2.18. The Labute approximate surface area is 185 Å². The Morgan fingerprint density at radius 1 is 1.06 bits per heavy atom. The Morgan fingerprint density at radius 3 is 2.33 bits per heavy atom. The maximum atomic E-state index is 14.5. The van der Waals surface area contributed by atoms with Crippen LogP contribution in [0.5, 0.6) is 0 Å². The molecular weight excluding hydrogens is 442 g/mol. The first kappa shape index (κ1) is 22.4. The minimum absolute atomic E-state index is 0.127. The van der Waals surface area contributed by atoms with Crippen molar-refractivity contribution in [2.24, 2.45) is 0 Å². The van der Waals surface area contributed by atoms with Gasteiger partial charge in [-0.1, -0.05) is 6.07 Å². The van der Waals surface area contributed by atoms with Gasteiger partial charge in [-0.05, 0) is 50.1 Å². The largest absolute Gasteiger partial charge is 0.478 e. The maximum Gasteiger partial charge on any atom is 0.416 e. The molecule has 2 aromatic carbocycles. The number of hydrogen-bond acceptors (Lipinski definition) is 4. The van der Waals surface area contributed by atoms with E-state index in [1.165, 1.54) is 30.6 Å². The van der Waals surface area contributed by atoms with Crippen LogP contribution in [-0.2, 0) is 16.4 Å². The SMILES string of the molecule is Cc1cnc(-c2ccc(NC(=O)C3(c4ccc(C(F)(F)F)cc4F)CC3)cc2C(=O)O)cn1. The minimum Gasteiger partial charge on any atom is -0.478 e. The topological polar surface area (TPSA) is 92.2 Å². The molecule has 3 aromatic rings. The molecule has 2 N–H and O–H groups in total. The number of rotatable bonds is 5. The summed E-state index contributed by atoms with van der Waals surface area (Å²) in [5, 5.41) is 12.2. The zero-order valence-corrected chi connectivity index (χ0v) is 17.2. The number of carboxylic acid groups (broad SMARTS) is 1. The molecule has 0 atom stereocenters. The van der Waals surface area contributed by atoms with Crippen molar-refractivity contribution in [1.29, 1.82) is 0 Å². The number of nitrogens with zero attached hydrogens (tertiary/aromatic N) is 2. The molecule has 1 fully saturated rings. The van der Waals surface area contributed by atoms with Crippen molar-refractivity contribution in [3.05, 3.63) is 77.0 Å². The Hall–Kier alpha value is -3.82. The highest BCUT2D eigenvalue weighted by Gasteiger charge is 2.53. The molecule has 1 aromatic heterocycles. The summed E-state index contributed by atoms with van der Waals surface area (Å²) in [4.78, 5) is 33.0. The quantitative estimate of drug-likeness (QED) is 0.525. The van der Waals surface area contributed by atoms with Crippen LogP contribution in [-0.4, -0.2) is 27.0 Å². The molecule has 33 heavy (non-hydrogen) atoms. The molecule has 1 aliphatic carbocycles. The fourth-order valence-electron chi connectivity index (χ4n) is 3.63. The van der Waals surface area contributed by atoms with E-state index in [4.69, 9.17) is 0 Å². The fourth-order valence-corrected chi connectivity index (χ4v) is 3.63. The van der Waals surface area contributed by atoms with Crippen LogP contribution in [0, 0.1) is 12.7 Å². The Kier molecular flexibility index (Phi) is 5.39. The number of carbonyl (C=O) groups excluding carboxylic acids is 1. The van der Waals surface area contributed by atoms with Gasteiger partial charge < -0.3 is 10.4 Å². The summed E-state index contributed by atoms with van der Waals surface area (Å²) in [6.07, 6.45) is -1.27. The van der Waals surface area contributed by atoms with Crippen LogP contribution in [0.1, 0.15) is 40.0 Å². The second kappa shape index (κ2) is 7.95. The third-order valence-electron chi connectivity index (χ3n) is 5.56. The van der Waals surface area contributed by atoms with Gasteiger partial charge in [-0.3, -0.25) is 14.8 Å². The second-order valence-electron chi connectivity index (χ2n) is 7.84. The van der Waals surface area contributed by atoms with E-state index in [0.717, 1.165) is 12.1 Å². The van der Waals surface area contributed by atoms with Gasteiger partial charge in [0, 0.05) is 23.0 Å². The van der Waals surface area contributed by atoms with Crippen LogP contribution in [0.2, 0.25) is 0 Å². The molecule has 0 aliphatic heterocycles. The van der Waals surface area contributed by atoms with E-state index in [1.54, 1.807) is 6.92 Å². The number of anilines is 1. The normalized spacial score (nSPS) is 14.6. The number of amides is 1. The smallest absolute Gasteiger partial charge is 0.416 e. The van der Waals surface area contributed by atoms with Gasteiger partial charge in [0.25, 0.3) is 0 Å². The van der Waals surface area contributed by atoms with Crippen molar-refractivity contribution in [2.75, 3.05) is 5.32 Å². The van der Waals surface area contributed by atoms with Gasteiger partial charge in [-0.15, -0.1) is 0 Å². The van der Waals surface area contributed by atoms with Crippen molar-refractivity contribution < 1.29 is 32.3 Å². The summed E-state index contributed by atoms with van der Waals surface area (Å²) in [6.45, 7) is 1.74. The van der Waals surface area contributed by atoms with Gasteiger partial charge in [0.2, 0.25) is 5.91 Å². The molecule has 0 unspecified atom stereocenters. The third kappa shape index (κ3) is 4.28. The van der Waals surface area contributed by atoms with Crippen molar-refractivity contribution in [2.45, 2.75) is 31.4 Å². The average molecular weight is 459 g/mol. The van der Waals surface area contributed by atoms with Gasteiger partial charge >= 0.3 is 12.1 Å². The first-order valence-corrected chi connectivity index (χ1v) is 9.86. The predicted octanol–water partition coefficient (Wildman–Crippen LogP) is 4.98. The summed E-state index contributed by atoms with van der Waals surface area (Å²) < 4.78 is 53.0. The van der Waals surface area contributed by atoms with Crippen LogP contribution in [0.15, 0.2) is 48.8 Å². The van der Waals surface area contributed by atoms with E-state index >= 15 is 0 Å². The lowest BCUT2D eigenvalue weighted by molar-refractivity contribution is -0.137. The molecule has 1 amide bonds. The molecule has 4 rings (SSSR count). The summed E-state index contributed by atoms with van der Waals surface area (Å²) in [5.74, 6) is -2.99. The van der Waals surface area contributed by atoms with E-state index in [0.29, 0.717) is 23.0 Å². The molecule has 10 heteroatoms. The molecule has 1 aliphatic rings. The Morgan fingerprint density at radius 2 is 1.79 bits per heavy atom. The van der Waals surface area contributed by atoms with E-state index in [1.807, 2.05) is 0 Å². The van der Waals surface area contributed by atoms with Gasteiger partial charge in [-0.25, -0.2) is 9.18 Å². The number of hydrogen-bond donors (Lipinski definition) is 2. The molecular formula is C23H17F4N3O3. The van der Waals surface area contributed by atoms with Gasteiger partial charge in [0.1, 0.15) is 5.82 Å². The molecule has 0 saturated heterocycles. The summed E-state index contributed by atoms with van der Waals surface area (Å²) in [6, 6.07) is 6.29. The first-order valence-electron chi connectivity index (χ1n) is 9.86. The average Bonchev–Trinajstić information content (AvgIpc) is 3.55.